The monoisotopic (exact) mass is 394 g/mol. The first-order valence-corrected chi connectivity index (χ1v) is 9.01. The SMILES string of the molecule is C[C@H](C(=O)NCc1ccccc1)[NH+](C)CC(=O)Nc1ccc(Cl)c(Cl)c1. The summed E-state index contributed by atoms with van der Waals surface area (Å²) >= 11 is 11.8. The second kappa shape index (κ2) is 9.57. The van der Waals surface area contributed by atoms with E-state index in [-0.39, 0.29) is 24.4 Å². The Bertz CT molecular complexity index is 769. The molecule has 5 nitrogen and oxygen atoms in total. The molecule has 0 aliphatic rings. The summed E-state index contributed by atoms with van der Waals surface area (Å²) in [6, 6.07) is 14.2. The lowest BCUT2D eigenvalue weighted by molar-refractivity contribution is -0.885. The van der Waals surface area contributed by atoms with Gasteiger partial charge in [-0.15, -0.1) is 0 Å². The van der Waals surface area contributed by atoms with Crippen molar-refractivity contribution in [2.75, 3.05) is 18.9 Å². The molecule has 0 fully saturated rings. The molecule has 26 heavy (non-hydrogen) atoms. The lowest BCUT2D eigenvalue weighted by atomic mass is 10.2. The van der Waals surface area contributed by atoms with Crippen LogP contribution < -0.4 is 15.5 Å². The van der Waals surface area contributed by atoms with Crippen molar-refractivity contribution in [3.8, 4) is 0 Å². The van der Waals surface area contributed by atoms with Gasteiger partial charge in [-0.3, -0.25) is 9.59 Å². The van der Waals surface area contributed by atoms with Crippen molar-refractivity contribution in [3.63, 3.8) is 0 Å². The van der Waals surface area contributed by atoms with Crippen molar-refractivity contribution in [1.82, 2.24) is 5.32 Å². The molecule has 0 aromatic heterocycles. The summed E-state index contributed by atoms with van der Waals surface area (Å²) in [6.07, 6.45) is 0. The van der Waals surface area contributed by atoms with E-state index in [1.165, 1.54) is 0 Å². The highest BCUT2D eigenvalue weighted by molar-refractivity contribution is 6.42. The Labute approximate surface area is 163 Å². The third-order valence-corrected chi connectivity index (χ3v) is 4.82. The third kappa shape index (κ3) is 6.02. The summed E-state index contributed by atoms with van der Waals surface area (Å²) in [7, 11) is 1.81. The molecule has 0 spiro atoms. The maximum absolute atomic E-state index is 12.3. The molecule has 0 aliphatic heterocycles. The molecule has 2 atom stereocenters. The second-order valence-electron chi connectivity index (χ2n) is 6.13. The minimum Gasteiger partial charge on any atom is -0.347 e. The van der Waals surface area contributed by atoms with Crippen LogP contribution >= 0.6 is 23.2 Å². The number of halogens is 2. The van der Waals surface area contributed by atoms with Gasteiger partial charge in [0.2, 0.25) is 0 Å². The average Bonchev–Trinajstić information content (AvgIpc) is 2.62. The fourth-order valence-corrected chi connectivity index (χ4v) is 2.65. The molecule has 0 radical (unpaired) electrons. The van der Waals surface area contributed by atoms with E-state index in [4.69, 9.17) is 23.2 Å². The molecule has 0 aliphatic carbocycles. The van der Waals surface area contributed by atoms with Gasteiger partial charge in [0.15, 0.2) is 12.6 Å². The number of hydrogen-bond acceptors (Lipinski definition) is 2. The summed E-state index contributed by atoms with van der Waals surface area (Å²) in [5, 5.41) is 6.45. The van der Waals surface area contributed by atoms with E-state index >= 15 is 0 Å². The maximum atomic E-state index is 12.3. The zero-order valence-electron chi connectivity index (χ0n) is 14.7. The largest absolute Gasteiger partial charge is 0.347 e. The van der Waals surface area contributed by atoms with Crippen molar-refractivity contribution in [1.29, 1.82) is 0 Å². The molecule has 0 saturated heterocycles. The van der Waals surface area contributed by atoms with Crippen molar-refractivity contribution in [3.05, 3.63) is 64.1 Å². The zero-order chi connectivity index (χ0) is 19.1. The quantitative estimate of drug-likeness (QED) is 0.673. The maximum Gasteiger partial charge on any atom is 0.279 e. The Balaban J connectivity index is 1.83. The Morgan fingerprint density at radius 3 is 2.42 bits per heavy atom. The standard InChI is InChI=1S/C19H21Cl2N3O2/c1-13(19(26)22-11-14-6-4-3-5-7-14)24(2)12-18(25)23-15-8-9-16(20)17(21)10-15/h3-10,13H,11-12H2,1-2H3,(H,22,26)(H,23,25)/p+1/t13-/m1/s1. The van der Waals surface area contributed by atoms with Crippen LogP contribution in [0.1, 0.15) is 12.5 Å². The van der Waals surface area contributed by atoms with E-state index in [1.807, 2.05) is 30.3 Å². The molecule has 0 saturated carbocycles. The Kier molecular flexibility index (Phi) is 7.45. The van der Waals surface area contributed by atoms with Gasteiger partial charge in [0.1, 0.15) is 0 Å². The fraction of sp³-hybridized carbons (Fsp3) is 0.263. The lowest BCUT2D eigenvalue weighted by Gasteiger charge is -2.20. The predicted octanol–water partition coefficient (Wildman–Crippen LogP) is 2.15. The number of carbonyl (C=O) groups excluding carboxylic acids is 2. The van der Waals surface area contributed by atoms with Gasteiger partial charge in [0.25, 0.3) is 11.8 Å². The summed E-state index contributed by atoms with van der Waals surface area (Å²) in [6.45, 7) is 2.41. The molecular weight excluding hydrogens is 373 g/mol. The number of rotatable bonds is 7. The van der Waals surface area contributed by atoms with E-state index < -0.39 is 0 Å². The van der Waals surface area contributed by atoms with Crippen LogP contribution in [0, 0.1) is 0 Å². The van der Waals surface area contributed by atoms with E-state index in [1.54, 1.807) is 32.2 Å². The van der Waals surface area contributed by atoms with Gasteiger partial charge in [-0.2, -0.15) is 0 Å². The summed E-state index contributed by atoms with van der Waals surface area (Å²) in [5.41, 5.74) is 1.60. The van der Waals surface area contributed by atoms with Crippen LogP contribution in [0.4, 0.5) is 5.69 Å². The van der Waals surface area contributed by atoms with Gasteiger partial charge < -0.3 is 15.5 Å². The number of quaternary nitrogens is 1. The molecule has 138 valence electrons. The number of amides is 2. The average molecular weight is 395 g/mol. The smallest absolute Gasteiger partial charge is 0.279 e. The van der Waals surface area contributed by atoms with Crippen LogP contribution in [0.2, 0.25) is 10.0 Å². The Morgan fingerprint density at radius 1 is 1.08 bits per heavy atom. The Morgan fingerprint density at radius 2 is 1.77 bits per heavy atom. The van der Waals surface area contributed by atoms with Gasteiger partial charge in [0, 0.05) is 12.2 Å². The second-order valence-corrected chi connectivity index (χ2v) is 6.94. The van der Waals surface area contributed by atoms with Crippen LogP contribution in [-0.2, 0) is 16.1 Å². The number of nitrogens with one attached hydrogen (secondary N) is 3. The predicted molar refractivity (Wildman–Crippen MR) is 105 cm³/mol. The van der Waals surface area contributed by atoms with Crippen molar-refractivity contribution in [2.45, 2.75) is 19.5 Å². The molecule has 1 unspecified atom stereocenters. The van der Waals surface area contributed by atoms with Crippen LogP contribution in [0.15, 0.2) is 48.5 Å². The highest BCUT2D eigenvalue weighted by Gasteiger charge is 2.23. The number of hydrogen-bond donors (Lipinski definition) is 3. The molecular formula is C19H22Cl2N3O2+. The molecule has 0 heterocycles. The van der Waals surface area contributed by atoms with Gasteiger partial charge >= 0.3 is 0 Å². The van der Waals surface area contributed by atoms with Crippen LogP contribution in [0.25, 0.3) is 0 Å². The number of carbonyl (C=O) groups is 2. The van der Waals surface area contributed by atoms with Gasteiger partial charge in [0.05, 0.1) is 17.1 Å². The fourth-order valence-electron chi connectivity index (χ4n) is 2.35. The molecule has 3 N–H and O–H groups in total. The Hall–Kier alpha value is -2.08. The summed E-state index contributed by atoms with van der Waals surface area (Å²) in [4.78, 5) is 25.3. The van der Waals surface area contributed by atoms with Gasteiger partial charge in [-0.05, 0) is 30.7 Å². The van der Waals surface area contributed by atoms with E-state index in [9.17, 15) is 9.59 Å². The van der Waals surface area contributed by atoms with E-state index in [0.717, 1.165) is 10.5 Å². The van der Waals surface area contributed by atoms with Crippen molar-refractivity contribution >= 4 is 40.7 Å². The van der Waals surface area contributed by atoms with E-state index in [2.05, 4.69) is 10.6 Å². The minimum absolute atomic E-state index is 0.103. The first-order chi connectivity index (χ1) is 12.4. The molecule has 2 amide bonds. The van der Waals surface area contributed by atoms with Gasteiger partial charge in [-0.25, -0.2) is 0 Å². The molecule has 2 aromatic rings. The lowest BCUT2D eigenvalue weighted by Crippen LogP contribution is -3.15. The van der Waals surface area contributed by atoms with Crippen LogP contribution in [0.5, 0.6) is 0 Å². The van der Waals surface area contributed by atoms with Crippen molar-refractivity contribution in [2.24, 2.45) is 0 Å². The van der Waals surface area contributed by atoms with Crippen LogP contribution in [-0.4, -0.2) is 31.4 Å². The zero-order valence-corrected chi connectivity index (χ0v) is 16.2. The third-order valence-electron chi connectivity index (χ3n) is 4.08. The molecule has 2 rings (SSSR count). The molecule has 2 aromatic carbocycles. The van der Waals surface area contributed by atoms with Gasteiger partial charge in [-0.1, -0.05) is 53.5 Å². The van der Waals surface area contributed by atoms with Crippen molar-refractivity contribution < 1.29 is 14.5 Å². The first-order valence-electron chi connectivity index (χ1n) is 8.25. The highest BCUT2D eigenvalue weighted by atomic mass is 35.5. The minimum atomic E-state index is -0.363. The van der Waals surface area contributed by atoms with E-state index in [0.29, 0.717) is 22.3 Å². The highest BCUT2D eigenvalue weighted by Crippen LogP contribution is 2.24. The summed E-state index contributed by atoms with van der Waals surface area (Å²) < 4.78 is 0. The topological polar surface area (TPSA) is 62.6 Å². The number of anilines is 1. The number of likely N-dealkylation sites (N-methyl/N-ethyl adjacent to an activating group) is 1. The number of benzene rings is 2. The first kappa shape index (κ1) is 20.2. The summed E-state index contributed by atoms with van der Waals surface area (Å²) in [5.74, 6) is -0.308. The molecule has 0 bridgehead atoms. The normalized spacial score (nSPS) is 12.9. The van der Waals surface area contributed by atoms with Crippen LogP contribution in [0.3, 0.4) is 0 Å². The molecule has 7 heteroatoms.